The Morgan fingerprint density at radius 3 is 2.75 bits per heavy atom. The minimum atomic E-state index is 0.364. The van der Waals surface area contributed by atoms with E-state index in [0.29, 0.717) is 12.1 Å². The van der Waals surface area contributed by atoms with Crippen molar-refractivity contribution in [2.75, 3.05) is 0 Å². The van der Waals surface area contributed by atoms with Crippen LogP contribution in [0.1, 0.15) is 22.5 Å². The third-order valence-corrected chi connectivity index (χ3v) is 4.25. The van der Waals surface area contributed by atoms with Crippen molar-refractivity contribution in [1.82, 2.24) is 20.0 Å². The molecule has 0 amide bonds. The molecular formula is C19H15N5. The van der Waals surface area contributed by atoms with Gasteiger partial charge in [-0.05, 0) is 30.2 Å². The molecule has 0 radical (unpaired) electrons. The third-order valence-electron chi connectivity index (χ3n) is 4.25. The van der Waals surface area contributed by atoms with Crippen molar-refractivity contribution in [3.8, 4) is 11.8 Å². The molecule has 4 aromatic rings. The number of hydrogen-bond acceptors (Lipinski definition) is 3. The van der Waals surface area contributed by atoms with Crippen molar-refractivity contribution in [2.45, 2.75) is 13.3 Å². The average molecular weight is 313 g/mol. The second kappa shape index (κ2) is 5.67. The predicted octanol–water partition coefficient (Wildman–Crippen LogP) is 3.52. The van der Waals surface area contributed by atoms with Crippen LogP contribution < -0.4 is 0 Å². The molecule has 5 nitrogen and oxygen atoms in total. The highest BCUT2D eigenvalue weighted by molar-refractivity contribution is 5.83. The number of para-hydroxylation sites is 2. The predicted molar refractivity (Wildman–Crippen MR) is 91.9 cm³/mol. The average Bonchev–Trinajstić information content (AvgIpc) is 3.20. The van der Waals surface area contributed by atoms with Crippen LogP contribution in [0.4, 0.5) is 0 Å². The molecule has 116 valence electrons. The zero-order chi connectivity index (χ0) is 16.5. The van der Waals surface area contributed by atoms with Gasteiger partial charge in [0.1, 0.15) is 6.07 Å². The molecule has 24 heavy (non-hydrogen) atoms. The summed E-state index contributed by atoms with van der Waals surface area (Å²) >= 11 is 0. The first-order valence-electron chi connectivity index (χ1n) is 7.73. The van der Waals surface area contributed by atoms with E-state index in [1.807, 2.05) is 55.6 Å². The fourth-order valence-corrected chi connectivity index (χ4v) is 3.00. The highest BCUT2D eigenvalue weighted by Gasteiger charge is 2.17. The van der Waals surface area contributed by atoms with Gasteiger partial charge < -0.3 is 4.98 Å². The number of hydrogen-bond donors (Lipinski definition) is 1. The number of rotatable bonds is 3. The highest BCUT2D eigenvalue weighted by Crippen LogP contribution is 2.24. The van der Waals surface area contributed by atoms with Gasteiger partial charge in [-0.15, -0.1) is 5.10 Å². The minimum Gasteiger partial charge on any atom is -0.361 e. The summed E-state index contributed by atoms with van der Waals surface area (Å²) in [5.74, 6) is 0. The van der Waals surface area contributed by atoms with Crippen LogP contribution in [0.25, 0.3) is 16.6 Å². The molecule has 0 unspecified atom stereocenters. The summed E-state index contributed by atoms with van der Waals surface area (Å²) in [4.78, 5) is 3.28. The molecule has 0 saturated carbocycles. The number of nitrogens with zero attached hydrogens (tertiary/aromatic N) is 4. The number of nitriles is 1. The number of fused-ring (bicyclic) bond motifs is 1. The van der Waals surface area contributed by atoms with Crippen LogP contribution >= 0.6 is 0 Å². The summed E-state index contributed by atoms with van der Waals surface area (Å²) in [6, 6.07) is 18.3. The van der Waals surface area contributed by atoms with Crippen LogP contribution in [-0.2, 0) is 6.42 Å². The van der Waals surface area contributed by atoms with Gasteiger partial charge in [0.15, 0.2) is 5.69 Å². The molecule has 0 atom stereocenters. The Labute approximate surface area is 139 Å². The quantitative estimate of drug-likeness (QED) is 0.629. The Balaban J connectivity index is 1.85. The molecule has 0 aliphatic carbocycles. The molecule has 2 heterocycles. The van der Waals surface area contributed by atoms with Crippen LogP contribution in [-0.4, -0.2) is 20.0 Å². The topological polar surface area (TPSA) is 70.3 Å². The zero-order valence-corrected chi connectivity index (χ0v) is 13.2. The summed E-state index contributed by atoms with van der Waals surface area (Å²) < 4.78 is 1.77. The fourth-order valence-electron chi connectivity index (χ4n) is 3.00. The van der Waals surface area contributed by atoms with E-state index < -0.39 is 0 Å². The summed E-state index contributed by atoms with van der Waals surface area (Å²) in [6.07, 6.45) is 2.58. The first-order chi connectivity index (χ1) is 11.8. The lowest BCUT2D eigenvalue weighted by Crippen LogP contribution is -2.05. The first-order valence-corrected chi connectivity index (χ1v) is 7.73. The molecule has 0 bridgehead atoms. The van der Waals surface area contributed by atoms with E-state index in [1.165, 1.54) is 0 Å². The molecular weight excluding hydrogens is 298 g/mol. The summed E-state index contributed by atoms with van der Waals surface area (Å²) in [6.45, 7) is 2.03. The molecule has 0 fully saturated rings. The molecule has 2 aromatic heterocycles. The van der Waals surface area contributed by atoms with Crippen molar-refractivity contribution in [3.63, 3.8) is 0 Å². The van der Waals surface area contributed by atoms with E-state index in [9.17, 15) is 5.26 Å². The Bertz CT molecular complexity index is 1060. The molecule has 4 rings (SSSR count). The van der Waals surface area contributed by atoms with Crippen molar-refractivity contribution < 1.29 is 0 Å². The van der Waals surface area contributed by atoms with Gasteiger partial charge in [0.25, 0.3) is 0 Å². The monoisotopic (exact) mass is 313 g/mol. The maximum atomic E-state index is 9.42. The summed E-state index contributed by atoms with van der Waals surface area (Å²) in [5, 5.41) is 18.8. The standard InChI is InChI=1S/C19H15N5/c1-13-6-2-5-9-18(13)24-19(17(11-20)22-23-24)10-14-12-21-16-8-4-3-7-15(14)16/h2-9,12,21H,10H2,1H3. The van der Waals surface area contributed by atoms with Gasteiger partial charge in [-0.2, -0.15) is 5.26 Å². The molecule has 0 saturated heterocycles. The number of aromatic amines is 1. The number of benzene rings is 2. The van der Waals surface area contributed by atoms with Gasteiger partial charge in [0.2, 0.25) is 0 Å². The lowest BCUT2D eigenvalue weighted by Gasteiger charge is -2.09. The Morgan fingerprint density at radius 2 is 1.92 bits per heavy atom. The molecule has 2 aromatic carbocycles. The fraction of sp³-hybridized carbons (Fsp3) is 0.105. The van der Waals surface area contributed by atoms with E-state index in [2.05, 4.69) is 27.4 Å². The van der Waals surface area contributed by atoms with Gasteiger partial charge >= 0.3 is 0 Å². The number of nitrogens with one attached hydrogen (secondary N) is 1. The lowest BCUT2D eigenvalue weighted by atomic mass is 10.1. The molecule has 0 spiro atoms. The number of aryl methyl sites for hydroxylation is 1. The van der Waals surface area contributed by atoms with Gasteiger partial charge in [0.05, 0.1) is 11.4 Å². The largest absolute Gasteiger partial charge is 0.361 e. The SMILES string of the molecule is Cc1ccccc1-n1nnc(C#N)c1Cc1c[nH]c2ccccc12. The van der Waals surface area contributed by atoms with Crippen LogP contribution in [0.2, 0.25) is 0 Å². The zero-order valence-electron chi connectivity index (χ0n) is 13.2. The second-order valence-electron chi connectivity index (χ2n) is 5.73. The maximum Gasteiger partial charge on any atom is 0.186 e. The third kappa shape index (κ3) is 2.25. The van der Waals surface area contributed by atoms with Gasteiger partial charge in [-0.3, -0.25) is 0 Å². The first kappa shape index (κ1) is 14.2. The second-order valence-corrected chi connectivity index (χ2v) is 5.73. The molecule has 1 N–H and O–H groups in total. The van der Waals surface area contributed by atoms with Crippen molar-refractivity contribution in [1.29, 1.82) is 5.26 Å². The molecule has 5 heteroatoms. The van der Waals surface area contributed by atoms with Crippen molar-refractivity contribution in [2.24, 2.45) is 0 Å². The summed E-state index contributed by atoms with van der Waals surface area (Å²) in [7, 11) is 0. The van der Waals surface area contributed by atoms with Crippen LogP contribution in [0.5, 0.6) is 0 Å². The van der Waals surface area contributed by atoms with Crippen LogP contribution in [0.3, 0.4) is 0 Å². The normalized spacial score (nSPS) is 10.8. The molecule has 0 aliphatic rings. The number of aromatic nitrogens is 4. The van der Waals surface area contributed by atoms with Crippen LogP contribution in [0, 0.1) is 18.3 Å². The Kier molecular flexibility index (Phi) is 3.36. The van der Waals surface area contributed by atoms with Gasteiger partial charge in [-0.25, -0.2) is 4.68 Å². The van der Waals surface area contributed by atoms with Crippen molar-refractivity contribution in [3.05, 3.63) is 77.2 Å². The highest BCUT2D eigenvalue weighted by atomic mass is 15.4. The molecule has 0 aliphatic heterocycles. The minimum absolute atomic E-state index is 0.364. The van der Waals surface area contributed by atoms with Gasteiger partial charge in [-0.1, -0.05) is 41.6 Å². The lowest BCUT2D eigenvalue weighted by molar-refractivity contribution is 0.769. The van der Waals surface area contributed by atoms with E-state index in [4.69, 9.17) is 0 Å². The van der Waals surface area contributed by atoms with E-state index in [-0.39, 0.29) is 0 Å². The van der Waals surface area contributed by atoms with Gasteiger partial charge in [0, 0.05) is 23.5 Å². The summed E-state index contributed by atoms with van der Waals surface area (Å²) in [5.41, 5.74) is 5.41. The van der Waals surface area contributed by atoms with E-state index in [1.54, 1.807) is 4.68 Å². The van der Waals surface area contributed by atoms with Crippen molar-refractivity contribution >= 4 is 10.9 Å². The van der Waals surface area contributed by atoms with E-state index >= 15 is 0 Å². The maximum absolute atomic E-state index is 9.42. The Hall–Kier alpha value is -3.39. The Morgan fingerprint density at radius 1 is 1.12 bits per heavy atom. The van der Waals surface area contributed by atoms with Crippen LogP contribution in [0.15, 0.2) is 54.7 Å². The smallest absolute Gasteiger partial charge is 0.186 e. The number of H-pyrrole nitrogens is 1. The van der Waals surface area contributed by atoms with E-state index in [0.717, 1.165) is 33.4 Å².